The van der Waals surface area contributed by atoms with Crippen molar-refractivity contribution >= 4 is 11.6 Å². The van der Waals surface area contributed by atoms with Gasteiger partial charge in [0.15, 0.2) is 5.82 Å². The van der Waals surface area contributed by atoms with Gasteiger partial charge in [0.2, 0.25) is 0 Å². The van der Waals surface area contributed by atoms with E-state index in [9.17, 15) is 0 Å². The van der Waals surface area contributed by atoms with Gasteiger partial charge in [-0.2, -0.15) is 0 Å². The van der Waals surface area contributed by atoms with Crippen LogP contribution in [0.5, 0.6) is 0 Å². The third-order valence-corrected chi connectivity index (χ3v) is 3.89. The maximum atomic E-state index is 5.56. The lowest BCUT2D eigenvalue weighted by Gasteiger charge is -2.21. The topological polar surface area (TPSA) is 67.1 Å². The van der Waals surface area contributed by atoms with Crippen molar-refractivity contribution in [3.8, 4) is 11.4 Å². The van der Waals surface area contributed by atoms with Gasteiger partial charge in [-0.1, -0.05) is 44.2 Å². The molecule has 2 heterocycles. The highest BCUT2D eigenvalue weighted by atomic mass is 15.3. The third-order valence-electron chi connectivity index (χ3n) is 3.89. The van der Waals surface area contributed by atoms with Gasteiger partial charge in [0.25, 0.3) is 0 Å². The number of aromatic nitrogens is 2. The van der Waals surface area contributed by atoms with E-state index in [-0.39, 0.29) is 0 Å². The first-order chi connectivity index (χ1) is 10.1. The number of hydrogen-bond acceptors (Lipinski definition) is 5. The van der Waals surface area contributed by atoms with Gasteiger partial charge in [0.05, 0.1) is 0 Å². The maximum absolute atomic E-state index is 5.56. The van der Waals surface area contributed by atoms with Gasteiger partial charge in [-0.25, -0.2) is 15.8 Å². The SMILES string of the molecule is CC1(C)CCN(c2cc(NN)nc(-c3ccccc3)n2)C1. The van der Waals surface area contributed by atoms with Crippen LogP contribution in [0.4, 0.5) is 11.6 Å². The van der Waals surface area contributed by atoms with E-state index in [2.05, 4.69) is 29.2 Å². The molecule has 1 aliphatic heterocycles. The standard InChI is InChI=1S/C16H21N5/c1-16(2)8-9-21(11-16)14-10-13(20-17)18-15(19-14)12-6-4-3-5-7-12/h3-7,10H,8-9,11,17H2,1-2H3,(H,18,19,20). The number of nitrogen functional groups attached to an aromatic ring is 1. The molecule has 110 valence electrons. The Morgan fingerprint density at radius 1 is 1.19 bits per heavy atom. The van der Waals surface area contributed by atoms with Crippen LogP contribution in [-0.4, -0.2) is 23.1 Å². The molecule has 0 atom stereocenters. The van der Waals surface area contributed by atoms with Crippen molar-refractivity contribution in [2.45, 2.75) is 20.3 Å². The zero-order chi connectivity index (χ0) is 14.9. The summed E-state index contributed by atoms with van der Waals surface area (Å²) in [5.41, 5.74) is 3.97. The van der Waals surface area contributed by atoms with Crippen molar-refractivity contribution < 1.29 is 0 Å². The fourth-order valence-electron chi connectivity index (χ4n) is 2.69. The van der Waals surface area contributed by atoms with Crippen LogP contribution in [0, 0.1) is 5.41 Å². The molecule has 1 fully saturated rings. The van der Waals surface area contributed by atoms with Crippen molar-refractivity contribution in [2.24, 2.45) is 11.3 Å². The fourth-order valence-corrected chi connectivity index (χ4v) is 2.69. The first-order valence-corrected chi connectivity index (χ1v) is 7.23. The van der Waals surface area contributed by atoms with E-state index < -0.39 is 0 Å². The molecule has 0 spiro atoms. The third kappa shape index (κ3) is 2.97. The zero-order valence-corrected chi connectivity index (χ0v) is 12.5. The summed E-state index contributed by atoms with van der Waals surface area (Å²) in [5.74, 6) is 7.83. The largest absolute Gasteiger partial charge is 0.356 e. The Morgan fingerprint density at radius 2 is 1.95 bits per heavy atom. The van der Waals surface area contributed by atoms with Crippen LogP contribution in [0.3, 0.4) is 0 Å². The molecule has 1 saturated heterocycles. The molecule has 0 amide bonds. The molecule has 3 N–H and O–H groups in total. The monoisotopic (exact) mass is 283 g/mol. The quantitative estimate of drug-likeness (QED) is 0.669. The highest BCUT2D eigenvalue weighted by molar-refractivity contribution is 5.61. The van der Waals surface area contributed by atoms with Gasteiger partial charge in [-0.05, 0) is 11.8 Å². The maximum Gasteiger partial charge on any atom is 0.163 e. The van der Waals surface area contributed by atoms with Gasteiger partial charge in [-0.3, -0.25) is 0 Å². The molecule has 21 heavy (non-hydrogen) atoms. The Hall–Kier alpha value is -2.14. The minimum absolute atomic E-state index is 0.328. The number of rotatable bonds is 3. The number of nitrogens with two attached hydrogens (primary N) is 1. The summed E-state index contributed by atoms with van der Waals surface area (Å²) >= 11 is 0. The molecule has 0 bridgehead atoms. The summed E-state index contributed by atoms with van der Waals surface area (Å²) in [7, 11) is 0. The van der Waals surface area contributed by atoms with E-state index in [0.29, 0.717) is 17.1 Å². The van der Waals surface area contributed by atoms with Gasteiger partial charge in [0.1, 0.15) is 11.6 Å². The van der Waals surface area contributed by atoms with Crippen molar-refractivity contribution in [1.82, 2.24) is 9.97 Å². The molecule has 5 heteroatoms. The summed E-state index contributed by atoms with van der Waals surface area (Å²) in [6.07, 6.45) is 1.17. The zero-order valence-electron chi connectivity index (χ0n) is 12.5. The number of hydrazine groups is 1. The Kier molecular flexibility index (Phi) is 3.51. The van der Waals surface area contributed by atoms with Gasteiger partial charge in [-0.15, -0.1) is 0 Å². The van der Waals surface area contributed by atoms with Crippen LogP contribution >= 0.6 is 0 Å². The molecule has 2 aromatic rings. The molecule has 0 saturated carbocycles. The highest BCUT2D eigenvalue weighted by Gasteiger charge is 2.30. The molecular weight excluding hydrogens is 262 g/mol. The van der Waals surface area contributed by atoms with Crippen molar-refractivity contribution in [2.75, 3.05) is 23.4 Å². The van der Waals surface area contributed by atoms with Gasteiger partial charge in [0, 0.05) is 24.7 Å². The molecule has 1 aromatic carbocycles. The first-order valence-electron chi connectivity index (χ1n) is 7.23. The average molecular weight is 283 g/mol. The summed E-state index contributed by atoms with van der Waals surface area (Å²) in [6.45, 7) is 6.59. The minimum Gasteiger partial charge on any atom is -0.356 e. The normalized spacial score (nSPS) is 17.0. The Bertz CT molecular complexity index is 624. The van der Waals surface area contributed by atoms with Crippen molar-refractivity contribution in [1.29, 1.82) is 0 Å². The first kappa shape index (κ1) is 13.8. The van der Waals surface area contributed by atoms with Crippen LogP contribution in [0.1, 0.15) is 20.3 Å². The average Bonchev–Trinajstić information content (AvgIpc) is 2.88. The summed E-state index contributed by atoms with van der Waals surface area (Å²) < 4.78 is 0. The van der Waals surface area contributed by atoms with Crippen LogP contribution in [0.2, 0.25) is 0 Å². The smallest absolute Gasteiger partial charge is 0.163 e. The molecule has 1 aromatic heterocycles. The molecule has 0 radical (unpaired) electrons. The minimum atomic E-state index is 0.328. The second-order valence-corrected chi connectivity index (χ2v) is 6.28. The number of nitrogens with one attached hydrogen (secondary N) is 1. The molecule has 3 rings (SSSR count). The lowest BCUT2D eigenvalue weighted by Crippen LogP contribution is -2.24. The van der Waals surface area contributed by atoms with Gasteiger partial charge >= 0.3 is 0 Å². The lowest BCUT2D eigenvalue weighted by atomic mass is 9.93. The molecule has 0 unspecified atom stereocenters. The molecule has 0 aliphatic carbocycles. The van der Waals surface area contributed by atoms with Gasteiger partial charge < -0.3 is 10.3 Å². The highest BCUT2D eigenvalue weighted by Crippen LogP contribution is 2.33. The fraction of sp³-hybridized carbons (Fsp3) is 0.375. The van der Waals surface area contributed by atoms with E-state index in [0.717, 1.165) is 24.5 Å². The molecular formula is C16H21N5. The lowest BCUT2D eigenvalue weighted by molar-refractivity contribution is 0.418. The van der Waals surface area contributed by atoms with E-state index in [1.54, 1.807) is 0 Å². The van der Waals surface area contributed by atoms with Crippen LogP contribution in [0.25, 0.3) is 11.4 Å². The second kappa shape index (κ2) is 5.33. The number of anilines is 2. The summed E-state index contributed by atoms with van der Waals surface area (Å²) in [4.78, 5) is 11.5. The van der Waals surface area contributed by atoms with Crippen molar-refractivity contribution in [3.63, 3.8) is 0 Å². The second-order valence-electron chi connectivity index (χ2n) is 6.28. The number of hydrogen-bond donors (Lipinski definition) is 2. The summed E-state index contributed by atoms with van der Waals surface area (Å²) in [6, 6.07) is 11.9. The van der Waals surface area contributed by atoms with Crippen LogP contribution in [-0.2, 0) is 0 Å². The molecule has 1 aliphatic rings. The molecule has 5 nitrogen and oxygen atoms in total. The van der Waals surface area contributed by atoms with E-state index in [1.807, 2.05) is 36.4 Å². The van der Waals surface area contributed by atoms with E-state index in [1.165, 1.54) is 6.42 Å². The predicted octanol–water partition coefficient (Wildman–Crippen LogP) is 2.67. The number of benzene rings is 1. The van der Waals surface area contributed by atoms with Crippen molar-refractivity contribution in [3.05, 3.63) is 36.4 Å². The van der Waals surface area contributed by atoms with E-state index in [4.69, 9.17) is 10.8 Å². The number of nitrogens with zero attached hydrogens (tertiary/aromatic N) is 3. The predicted molar refractivity (Wildman–Crippen MR) is 85.9 cm³/mol. The Labute approximate surface area is 125 Å². The van der Waals surface area contributed by atoms with Crippen LogP contribution < -0.4 is 16.2 Å². The van der Waals surface area contributed by atoms with E-state index >= 15 is 0 Å². The van der Waals surface area contributed by atoms with Crippen LogP contribution in [0.15, 0.2) is 36.4 Å². The summed E-state index contributed by atoms with van der Waals surface area (Å²) in [5, 5.41) is 0. The Balaban J connectivity index is 1.98. The Morgan fingerprint density at radius 3 is 2.57 bits per heavy atom.